The van der Waals surface area contributed by atoms with E-state index in [4.69, 9.17) is 4.74 Å². The molecule has 0 aliphatic carbocycles. The van der Waals surface area contributed by atoms with Crippen LogP contribution >= 0.6 is 0 Å². The number of hydrogen-bond acceptors (Lipinski definition) is 8. The summed E-state index contributed by atoms with van der Waals surface area (Å²) in [5.41, 5.74) is -0.208. The topological polar surface area (TPSA) is 119 Å². The predicted octanol–water partition coefficient (Wildman–Crippen LogP) is 1.18. The van der Waals surface area contributed by atoms with Gasteiger partial charge >= 0.3 is 11.7 Å². The smallest absolute Gasteiger partial charge is 0.329 e. The molecule has 0 unspecified atom stereocenters. The average molecular weight is 283 g/mol. The Bertz CT molecular complexity index is 480. The van der Waals surface area contributed by atoms with Gasteiger partial charge in [0.2, 0.25) is 11.8 Å². The van der Waals surface area contributed by atoms with E-state index in [-0.39, 0.29) is 29.8 Å². The molecular formula is C11H17N5O4. The Morgan fingerprint density at radius 3 is 2.90 bits per heavy atom. The van der Waals surface area contributed by atoms with E-state index in [0.717, 1.165) is 6.20 Å². The highest BCUT2D eigenvalue weighted by Crippen LogP contribution is 2.21. The Labute approximate surface area is 115 Å². The van der Waals surface area contributed by atoms with Crippen molar-refractivity contribution in [3.63, 3.8) is 0 Å². The van der Waals surface area contributed by atoms with Crippen LogP contribution in [0.2, 0.25) is 0 Å². The van der Waals surface area contributed by atoms with Crippen LogP contribution in [0, 0.1) is 10.1 Å². The highest BCUT2D eigenvalue weighted by molar-refractivity contribution is 5.69. The normalized spacial score (nSPS) is 9.90. The first-order valence-corrected chi connectivity index (χ1v) is 6.17. The van der Waals surface area contributed by atoms with E-state index >= 15 is 0 Å². The summed E-state index contributed by atoms with van der Waals surface area (Å²) in [6, 6.07) is 0. The van der Waals surface area contributed by atoms with Gasteiger partial charge < -0.3 is 15.4 Å². The maximum absolute atomic E-state index is 11.1. The van der Waals surface area contributed by atoms with Crippen molar-refractivity contribution in [2.75, 3.05) is 30.8 Å². The number of anilines is 2. The maximum Gasteiger partial charge on any atom is 0.329 e. The fraction of sp³-hybridized carbons (Fsp3) is 0.545. The summed E-state index contributed by atoms with van der Waals surface area (Å²) in [5, 5.41) is 16.4. The second-order valence-electron chi connectivity index (χ2n) is 3.77. The van der Waals surface area contributed by atoms with Crippen LogP contribution in [0.15, 0.2) is 6.20 Å². The Balaban J connectivity index is 2.57. The van der Waals surface area contributed by atoms with Gasteiger partial charge in [0.05, 0.1) is 11.5 Å². The van der Waals surface area contributed by atoms with Crippen molar-refractivity contribution in [3.05, 3.63) is 16.3 Å². The van der Waals surface area contributed by atoms with Crippen molar-refractivity contribution in [2.45, 2.75) is 19.8 Å². The molecule has 0 atom stereocenters. The number of nitro groups is 1. The summed E-state index contributed by atoms with van der Waals surface area (Å²) >= 11 is 0. The summed E-state index contributed by atoms with van der Waals surface area (Å²) < 4.78 is 4.78. The Kier molecular flexibility index (Phi) is 6.14. The lowest BCUT2D eigenvalue weighted by molar-refractivity contribution is -0.384. The number of carbonyl (C=O) groups is 1. The largest absolute Gasteiger partial charge is 0.466 e. The molecule has 1 aromatic rings. The molecule has 1 aromatic heterocycles. The molecule has 0 saturated carbocycles. The van der Waals surface area contributed by atoms with Gasteiger partial charge in [0.1, 0.15) is 6.20 Å². The van der Waals surface area contributed by atoms with E-state index in [1.54, 1.807) is 14.0 Å². The molecule has 9 heteroatoms. The zero-order chi connectivity index (χ0) is 15.0. The lowest BCUT2D eigenvalue weighted by Crippen LogP contribution is -2.11. The van der Waals surface area contributed by atoms with Crippen LogP contribution in [-0.2, 0) is 9.53 Å². The monoisotopic (exact) mass is 283 g/mol. The Hall–Kier alpha value is -2.45. The second-order valence-corrected chi connectivity index (χ2v) is 3.77. The number of nitrogens with zero attached hydrogens (tertiary/aromatic N) is 3. The van der Waals surface area contributed by atoms with Gasteiger partial charge in [0.15, 0.2) is 0 Å². The third-order valence-electron chi connectivity index (χ3n) is 2.35. The summed E-state index contributed by atoms with van der Waals surface area (Å²) in [6.45, 7) is 2.45. The molecule has 1 heterocycles. The van der Waals surface area contributed by atoms with Crippen LogP contribution in [0.1, 0.15) is 19.8 Å². The van der Waals surface area contributed by atoms with Crippen LogP contribution in [-0.4, -0.2) is 41.1 Å². The van der Waals surface area contributed by atoms with Crippen LogP contribution in [0.4, 0.5) is 17.5 Å². The number of aromatic nitrogens is 2. The van der Waals surface area contributed by atoms with Gasteiger partial charge in [-0.15, -0.1) is 0 Å². The summed E-state index contributed by atoms with van der Waals surface area (Å²) in [4.78, 5) is 29.2. The number of carbonyl (C=O) groups excluding carboxylic acids is 1. The number of nitrogens with one attached hydrogen (secondary N) is 2. The third-order valence-corrected chi connectivity index (χ3v) is 2.35. The minimum atomic E-state index is -0.562. The second kappa shape index (κ2) is 7.87. The number of ether oxygens (including phenoxy) is 1. The summed E-state index contributed by atoms with van der Waals surface area (Å²) in [5.74, 6) is 0.115. The highest BCUT2D eigenvalue weighted by Gasteiger charge is 2.16. The molecule has 20 heavy (non-hydrogen) atoms. The molecule has 0 spiro atoms. The Morgan fingerprint density at radius 2 is 2.30 bits per heavy atom. The van der Waals surface area contributed by atoms with Crippen LogP contribution in [0.5, 0.6) is 0 Å². The molecule has 0 radical (unpaired) electrons. The molecule has 0 aromatic carbocycles. The van der Waals surface area contributed by atoms with Crippen molar-refractivity contribution in [2.24, 2.45) is 0 Å². The third kappa shape index (κ3) is 4.67. The van der Waals surface area contributed by atoms with Gasteiger partial charge in [0, 0.05) is 20.0 Å². The molecule has 0 bridgehead atoms. The molecule has 9 nitrogen and oxygen atoms in total. The van der Waals surface area contributed by atoms with E-state index in [0.29, 0.717) is 19.6 Å². The average Bonchev–Trinajstić information content (AvgIpc) is 2.43. The maximum atomic E-state index is 11.1. The van der Waals surface area contributed by atoms with Gasteiger partial charge in [0.25, 0.3) is 0 Å². The highest BCUT2D eigenvalue weighted by atomic mass is 16.6. The lowest BCUT2D eigenvalue weighted by atomic mass is 10.3. The van der Waals surface area contributed by atoms with Crippen molar-refractivity contribution >= 4 is 23.4 Å². The SMILES string of the molecule is CCOC(=O)CCCNc1nc(NC)ncc1[N+](=O)[O-]. The van der Waals surface area contributed by atoms with Gasteiger partial charge in [-0.3, -0.25) is 14.9 Å². The Morgan fingerprint density at radius 1 is 1.55 bits per heavy atom. The van der Waals surface area contributed by atoms with E-state index < -0.39 is 4.92 Å². The van der Waals surface area contributed by atoms with Crippen molar-refractivity contribution < 1.29 is 14.5 Å². The molecular weight excluding hydrogens is 266 g/mol. The van der Waals surface area contributed by atoms with Gasteiger partial charge in [-0.2, -0.15) is 4.98 Å². The fourth-order valence-electron chi connectivity index (χ4n) is 1.43. The first kappa shape index (κ1) is 15.6. The van der Waals surface area contributed by atoms with Gasteiger partial charge in [-0.05, 0) is 13.3 Å². The molecule has 2 N–H and O–H groups in total. The molecule has 0 fully saturated rings. The zero-order valence-corrected chi connectivity index (χ0v) is 11.4. The predicted molar refractivity (Wildman–Crippen MR) is 72.6 cm³/mol. The fourth-order valence-corrected chi connectivity index (χ4v) is 1.43. The first-order valence-electron chi connectivity index (χ1n) is 6.17. The molecule has 1 rings (SSSR count). The van der Waals surface area contributed by atoms with E-state index in [2.05, 4.69) is 20.6 Å². The van der Waals surface area contributed by atoms with Crippen molar-refractivity contribution in [1.82, 2.24) is 9.97 Å². The summed E-state index contributed by atoms with van der Waals surface area (Å²) in [7, 11) is 1.62. The quantitative estimate of drug-likeness (QED) is 0.316. The minimum Gasteiger partial charge on any atom is -0.466 e. The van der Waals surface area contributed by atoms with Crippen LogP contribution < -0.4 is 10.6 Å². The number of esters is 1. The van der Waals surface area contributed by atoms with Crippen LogP contribution in [0.3, 0.4) is 0 Å². The first-order chi connectivity index (χ1) is 9.58. The van der Waals surface area contributed by atoms with E-state index in [1.165, 1.54) is 0 Å². The zero-order valence-electron chi connectivity index (χ0n) is 11.4. The number of rotatable bonds is 8. The van der Waals surface area contributed by atoms with Crippen molar-refractivity contribution in [3.8, 4) is 0 Å². The van der Waals surface area contributed by atoms with Crippen LogP contribution in [0.25, 0.3) is 0 Å². The van der Waals surface area contributed by atoms with Crippen molar-refractivity contribution in [1.29, 1.82) is 0 Å². The van der Waals surface area contributed by atoms with E-state index in [9.17, 15) is 14.9 Å². The van der Waals surface area contributed by atoms with Gasteiger partial charge in [-0.25, -0.2) is 4.98 Å². The molecule has 0 aliphatic heterocycles. The molecule has 0 saturated heterocycles. The molecule has 0 amide bonds. The number of hydrogen-bond donors (Lipinski definition) is 2. The standard InChI is InChI=1S/C11H17N5O4/c1-3-20-9(17)5-4-6-13-10-8(16(18)19)7-14-11(12-2)15-10/h7H,3-6H2,1-2H3,(H2,12,13,14,15). The van der Waals surface area contributed by atoms with Gasteiger partial charge in [-0.1, -0.05) is 0 Å². The molecule has 0 aliphatic rings. The molecule has 110 valence electrons. The minimum absolute atomic E-state index is 0.123. The summed E-state index contributed by atoms with van der Waals surface area (Å²) in [6.07, 6.45) is 1.87. The van der Waals surface area contributed by atoms with E-state index in [1.807, 2.05) is 0 Å². The lowest BCUT2D eigenvalue weighted by Gasteiger charge is -2.07.